The molecule has 5 N–H and O–H groups in total. The topological polar surface area (TPSA) is 111 Å². The highest BCUT2D eigenvalue weighted by atomic mass is 32.1. The number of hydrogen-bond donors (Lipinski definition) is 5. The van der Waals surface area contributed by atoms with E-state index < -0.39 is 12.7 Å². The first-order valence-corrected chi connectivity index (χ1v) is 7.29. The van der Waals surface area contributed by atoms with Gasteiger partial charge in [-0.2, -0.15) is 18.3 Å². The first-order chi connectivity index (χ1) is 11.2. The van der Waals surface area contributed by atoms with Crippen molar-refractivity contribution < 1.29 is 18.3 Å². The zero-order chi connectivity index (χ0) is 17.7. The number of H-pyrrole nitrogens is 2. The molecule has 0 unspecified atom stereocenters. The van der Waals surface area contributed by atoms with Gasteiger partial charge in [0.25, 0.3) is 5.56 Å². The summed E-state index contributed by atoms with van der Waals surface area (Å²) in [7, 11) is 0. The molecule has 8 nitrogen and oxygen atoms in total. The van der Waals surface area contributed by atoms with Crippen molar-refractivity contribution >= 4 is 23.1 Å². The number of aromatic hydroxyl groups is 1. The zero-order valence-corrected chi connectivity index (χ0v) is 13.1. The smallest absolute Gasteiger partial charge is 0.405 e. The third-order valence-corrected chi connectivity index (χ3v) is 3.25. The van der Waals surface area contributed by atoms with Gasteiger partial charge in [-0.05, 0) is 25.1 Å². The number of aromatic nitrogens is 4. The summed E-state index contributed by atoms with van der Waals surface area (Å²) in [6, 6.07) is 1.56. The lowest BCUT2D eigenvalue weighted by Crippen LogP contribution is -2.36. The van der Waals surface area contributed by atoms with Gasteiger partial charge in [-0.1, -0.05) is 0 Å². The maximum Gasteiger partial charge on any atom is 0.405 e. The Balaban J connectivity index is 1.79. The summed E-state index contributed by atoms with van der Waals surface area (Å²) in [4.78, 5) is 11.4. The van der Waals surface area contributed by atoms with Gasteiger partial charge in [-0.3, -0.25) is 19.7 Å². The maximum absolute atomic E-state index is 12.1. The molecule has 132 valence electrons. The summed E-state index contributed by atoms with van der Waals surface area (Å²) in [6.45, 7) is -0.775. The Labute approximate surface area is 139 Å². The van der Waals surface area contributed by atoms with Gasteiger partial charge in [0.1, 0.15) is 6.54 Å². The first-order valence-electron chi connectivity index (χ1n) is 6.88. The molecule has 2 aromatic rings. The highest BCUT2D eigenvalue weighted by Crippen LogP contribution is 2.13. The van der Waals surface area contributed by atoms with Crippen molar-refractivity contribution in [1.82, 2.24) is 25.3 Å². The second-order valence-electron chi connectivity index (χ2n) is 4.90. The number of aromatic amines is 2. The fourth-order valence-electron chi connectivity index (χ4n) is 1.92. The van der Waals surface area contributed by atoms with Crippen molar-refractivity contribution in [2.24, 2.45) is 0 Å². The van der Waals surface area contributed by atoms with Crippen LogP contribution in [0.2, 0.25) is 0 Å². The molecule has 12 heteroatoms. The zero-order valence-electron chi connectivity index (χ0n) is 12.3. The van der Waals surface area contributed by atoms with Gasteiger partial charge in [0.15, 0.2) is 10.9 Å². The molecule has 0 amide bonds. The highest BCUT2D eigenvalue weighted by Gasteiger charge is 2.27. The van der Waals surface area contributed by atoms with Crippen molar-refractivity contribution in [3.8, 4) is 5.88 Å². The minimum absolute atomic E-state index is 0.179. The summed E-state index contributed by atoms with van der Waals surface area (Å²) in [6.07, 6.45) is -1.85. The number of rotatable bonds is 6. The Kier molecular flexibility index (Phi) is 5.49. The van der Waals surface area contributed by atoms with Crippen LogP contribution >= 0.6 is 12.2 Å². The largest absolute Gasteiger partial charge is 0.493 e. The van der Waals surface area contributed by atoms with E-state index in [1.165, 1.54) is 0 Å². The maximum atomic E-state index is 12.1. The second kappa shape index (κ2) is 7.38. The average Bonchev–Trinajstić information content (AvgIpc) is 3.05. The molecule has 0 spiro atoms. The number of thiocarbonyl (C=S) groups is 1. The van der Waals surface area contributed by atoms with Gasteiger partial charge >= 0.3 is 6.18 Å². The third kappa shape index (κ3) is 5.30. The SMILES string of the molecule is O=c1[nH][nH]c(O)c1CCCn1ccc(NC(=S)NCC(F)(F)F)n1. The molecule has 2 aromatic heterocycles. The average molecular weight is 364 g/mol. The van der Waals surface area contributed by atoms with Crippen LogP contribution in [0, 0.1) is 0 Å². The molecule has 0 bridgehead atoms. The predicted molar refractivity (Wildman–Crippen MR) is 83.9 cm³/mol. The van der Waals surface area contributed by atoms with E-state index in [1.807, 2.05) is 5.32 Å². The molecule has 2 rings (SSSR count). The van der Waals surface area contributed by atoms with Crippen LogP contribution < -0.4 is 16.2 Å². The fourth-order valence-corrected chi connectivity index (χ4v) is 2.09. The lowest BCUT2D eigenvalue weighted by atomic mass is 10.2. The molecule has 0 aliphatic rings. The molecule has 0 fully saturated rings. The van der Waals surface area contributed by atoms with Crippen LogP contribution in [-0.2, 0) is 13.0 Å². The van der Waals surface area contributed by atoms with Crippen LogP contribution in [0.1, 0.15) is 12.0 Å². The summed E-state index contributed by atoms with van der Waals surface area (Å²) in [5.41, 5.74) is -0.116. The van der Waals surface area contributed by atoms with Crippen molar-refractivity contribution in [3.63, 3.8) is 0 Å². The first kappa shape index (κ1) is 17.8. The Morgan fingerprint density at radius 1 is 1.42 bits per heavy atom. The number of nitrogens with zero attached hydrogens (tertiary/aromatic N) is 2. The molecule has 2 heterocycles. The van der Waals surface area contributed by atoms with E-state index in [1.54, 1.807) is 16.9 Å². The van der Waals surface area contributed by atoms with Gasteiger partial charge in [0, 0.05) is 18.8 Å². The minimum Gasteiger partial charge on any atom is -0.493 e. The standard InChI is InChI=1S/C12H15F3N6O2S/c13-12(14,15)6-16-11(24)17-8-3-5-21(20-8)4-1-2-7-9(22)18-19-10(7)23/h3,5H,1-2,4,6H2,(H2,16,17,20,24)(H3,18,19,22,23). The van der Waals surface area contributed by atoms with E-state index in [0.717, 1.165) is 0 Å². The van der Waals surface area contributed by atoms with E-state index >= 15 is 0 Å². The Morgan fingerprint density at radius 2 is 2.17 bits per heavy atom. The summed E-state index contributed by atoms with van der Waals surface area (Å²) >= 11 is 4.74. The number of hydrogen-bond acceptors (Lipinski definition) is 4. The Morgan fingerprint density at radius 3 is 2.79 bits per heavy atom. The Bertz CT molecular complexity index is 751. The summed E-state index contributed by atoms with van der Waals surface area (Å²) in [5.74, 6) is 0.112. The lowest BCUT2D eigenvalue weighted by molar-refractivity contribution is -0.121. The third-order valence-electron chi connectivity index (χ3n) is 3.00. The molecule has 0 saturated heterocycles. The van der Waals surface area contributed by atoms with Gasteiger partial charge in [0.05, 0.1) is 5.56 Å². The van der Waals surface area contributed by atoms with Gasteiger partial charge in [0.2, 0.25) is 5.88 Å². The lowest BCUT2D eigenvalue weighted by Gasteiger charge is -2.10. The van der Waals surface area contributed by atoms with E-state index in [4.69, 9.17) is 12.2 Å². The molecule has 0 aliphatic carbocycles. The number of aryl methyl sites for hydroxylation is 1. The number of nitrogens with one attached hydrogen (secondary N) is 4. The number of halogens is 3. The molecule has 24 heavy (non-hydrogen) atoms. The van der Waals surface area contributed by atoms with Crippen molar-refractivity contribution in [1.29, 1.82) is 0 Å². The van der Waals surface area contributed by atoms with Gasteiger partial charge in [-0.25, -0.2) is 0 Å². The van der Waals surface area contributed by atoms with Crippen molar-refractivity contribution in [3.05, 3.63) is 28.2 Å². The molecule has 0 atom stereocenters. The van der Waals surface area contributed by atoms with Crippen LogP contribution in [-0.4, -0.2) is 42.9 Å². The molecular weight excluding hydrogens is 349 g/mol. The Hall–Kier alpha value is -2.50. The van der Waals surface area contributed by atoms with E-state index in [9.17, 15) is 23.1 Å². The van der Waals surface area contributed by atoms with Gasteiger partial charge in [-0.15, -0.1) is 0 Å². The van der Waals surface area contributed by atoms with E-state index in [-0.39, 0.29) is 22.1 Å². The van der Waals surface area contributed by atoms with Crippen molar-refractivity contribution in [2.45, 2.75) is 25.6 Å². The van der Waals surface area contributed by atoms with Crippen LogP contribution in [0.15, 0.2) is 17.1 Å². The summed E-state index contributed by atoms with van der Waals surface area (Å²) in [5, 5.41) is 22.5. The molecule has 0 aliphatic heterocycles. The summed E-state index contributed by atoms with van der Waals surface area (Å²) < 4.78 is 37.7. The highest BCUT2D eigenvalue weighted by molar-refractivity contribution is 7.80. The molecule has 0 radical (unpaired) electrons. The van der Waals surface area contributed by atoms with Gasteiger partial charge < -0.3 is 15.7 Å². The minimum atomic E-state index is -4.35. The molecule has 0 aromatic carbocycles. The van der Waals surface area contributed by atoms with Crippen LogP contribution in [0.4, 0.5) is 19.0 Å². The van der Waals surface area contributed by atoms with E-state index in [2.05, 4.69) is 20.6 Å². The van der Waals surface area contributed by atoms with E-state index in [0.29, 0.717) is 25.2 Å². The fraction of sp³-hybridized carbons (Fsp3) is 0.417. The van der Waals surface area contributed by atoms with Crippen molar-refractivity contribution in [2.75, 3.05) is 11.9 Å². The quantitative estimate of drug-likeness (QED) is 0.491. The van der Waals surface area contributed by atoms with Crippen LogP contribution in [0.3, 0.4) is 0 Å². The molecular formula is C12H15F3N6O2S. The monoisotopic (exact) mass is 364 g/mol. The van der Waals surface area contributed by atoms with Crippen LogP contribution in [0.25, 0.3) is 0 Å². The second-order valence-corrected chi connectivity index (χ2v) is 5.30. The number of anilines is 1. The normalized spacial score (nSPS) is 11.5. The van der Waals surface area contributed by atoms with Crippen LogP contribution in [0.5, 0.6) is 5.88 Å². The predicted octanol–water partition coefficient (Wildman–Crippen LogP) is 1.09. The number of alkyl halides is 3. The molecule has 0 saturated carbocycles.